The van der Waals surface area contributed by atoms with Gasteiger partial charge in [0, 0.05) is 49.9 Å². The van der Waals surface area contributed by atoms with Crippen LogP contribution in [-0.4, -0.2) is 64.1 Å². The largest absolute Gasteiger partial charge is 0.353 e. The Morgan fingerprint density at radius 3 is 2.61 bits per heavy atom. The molecule has 2 amide bonds. The van der Waals surface area contributed by atoms with Crippen LogP contribution >= 0.6 is 0 Å². The minimum Gasteiger partial charge on any atom is -0.353 e. The Labute approximate surface area is 163 Å². The van der Waals surface area contributed by atoms with E-state index in [1.165, 1.54) is 0 Å². The van der Waals surface area contributed by atoms with E-state index in [-0.39, 0.29) is 12.0 Å². The molecule has 1 aliphatic heterocycles. The van der Waals surface area contributed by atoms with Gasteiger partial charge in [-0.3, -0.25) is 9.59 Å². The number of rotatable bonds is 4. The summed E-state index contributed by atoms with van der Waals surface area (Å²) in [6, 6.07) is 3.93. The number of hydrogen-bond acceptors (Lipinski definition) is 7. The fourth-order valence-corrected chi connectivity index (χ4v) is 3.07. The first-order chi connectivity index (χ1) is 13.5. The molecule has 2 aliphatic rings. The van der Waals surface area contributed by atoms with Crippen molar-refractivity contribution in [2.24, 2.45) is 0 Å². The Bertz CT molecular complexity index is 868. The van der Waals surface area contributed by atoms with E-state index in [0.29, 0.717) is 37.9 Å². The first-order valence-corrected chi connectivity index (χ1v) is 9.66. The molecule has 0 atom stereocenters. The molecule has 0 unspecified atom stereocenters. The molecule has 0 spiro atoms. The molecule has 0 bridgehead atoms. The van der Waals surface area contributed by atoms with Gasteiger partial charge >= 0.3 is 11.8 Å². The summed E-state index contributed by atoms with van der Waals surface area (Å²) in [5, 5.41) is 6.75. The van der Waals surface area contributed by atoms with Crippen molar-refractivity contribution in [1.82, 2.24) is 25.3 Å². The minimum atomic E-state index is -0.492. The van der Waals surface area contributed by atoms with Crippen LogP contribution in [-0.2, 0) is 9.59 Å². The smallest absolute Gasteiger partial charge is 0.312 e. The number of nitrogens with one attached hydrogen (secondary N) is 1. The van der Waals surface area contributed by atoms with Crippen molar-refractivity contribution in [3.8, 4) is 11.5 Å². The van der Waals surface area contributed by atoms with E-state index in [2.05, 4.69) is 25.3 Å². The maximum absolute atomic E-state index is 12.3. The molecule has 9 nitrogen and oxygen atoms in total. The topological polar surface area (TPSA) is 104 Å². The number of hydrogen-bond donors (Lipinski definition) is 1. The fraction of sp³-hybridized carbons (Fsp3) is 0.526. The molecule has 0 radical (unpaired) electrons. The van der Waals surface area contributed by atoms with E-state index in [0.717, 1.165) is 24.2 Å². The lowest BCUT2D eigenvalue weighted by Gasteiger charge is -2.35. The molecular formula is C19H24N6O3. The molecule has 9 heteroatoms. The van der Waals surface area contributed by atoms with Gasteiger partial charge in [0.25, 0.3) is 5.89 Å². The zero-order valence-electron chi connectivity index (χ0n) is 16.1. The molecule has 0 aromatic carbocycles. The van der Waals surface area contributed by atoms with Gasteiger partial charge in [0.2, 0.25) is 0 Å². The Kier molecular flexibility index (Phi) is 4.97. The highest BCUT2D eigenvalue weighted by Gasteiger charge is 2.31. The summed E-state index contributed by atoms with van der Waals surface area (Å²) in [5.74, 6) is 1.19. The van der Waals surface area contributed by atoms with Crippen LogP contribution in [0, 0.1) is 0 Å². The lowest BCUT2D eigenvalue weighted by molar-refractivity contribution is -0.146. The third-order valence-electron chi connectivity index (χ3n) is 4.95. The number of pyridine rings is 1. The van der Waals surface area contributed by atoms with E-state index < -0.39 is 11.8 Å². The van der Waals surface area contributed by atoms with Gasteiger partial charge in [-0.1, -0.05) is 19.0 Å². The second kappa shape index (κ2) is 7.57. The average molecular weight is 384 g/mol. The number of carbonyl (C=O) groups excluding carboxylic acids is 2. The summed E-state index contributed by atoms with van der Waals surface area (Å²) >= 11 is 0. The SMILES string of the molecule is CC(C)c1noc(-c2ccnc(N3CCN(C(=O)C(=O)NC4CC4)CC3)c2)n1. The van der Waals surface area contributed by atoms with Crippen molar-refractivity contribution in [3.63, 3.8) is 0 Å². The number of carbonyl (C=O) groups is 2. The molecule has 4 rings (SSSR count). The van der Waals surface area contributed by atoms with Crippen molar-refractivity contribution in [3.05, 3.63) is 24.2 Å². The van der Waals surface area contributed by atoms with E-state index in [4.69, 9.17) is 4.52 Å². The first-order valence-electron chi connectivity index (χ1n) is 9.66. The van der Waals surface area contributed by atoms with Crippen LogP contribution < -0.4 is 10.2 Å². The lowest BCUT2D eigenvalue weighted by Crippen LogP contribution is -2.53. The van der Waals surface area contributed by atoms with Crippen LogP contribution in [0.3, 0.4) is 0 Å². The van der Waals surface area contributed by atoms with Gasteiger partial charge in [0.1, 0.15) is 5.82 Å². The summed E-state index contributed by atoms with van der Waals surface area (Å²) in [5.41, 5.74) is 0.812. The molecular weight excluding hydrogens is 360 g/mol. The molecule has 1 N–H and O–H groups in total. The van der Waals surface area contributed by atoms with Crippen LogP contribution in [0.2, 0.25) is 0 Å². The number of nitrogens with zero attached hydrogens (tertiary/aromatic N) is 5. The van der Waals surface area contributed by atoms with E-state index in [1.807, 2.05) is 26.0 Å². The van der Waals surface area contributed by atoms with Crippen LogP contribution in [0.5, 0.6) is 0 Å². The lowest BCUT2D eigenvalue weighted by atomic mass is 10.2. The molecule has 3 heterocycles. The predicted molar refractivity (Wildman–Crippen MR) is 102 cm³/mol. The number of anilines is 1. The van der Waals surface area contributed by atoms with Gasteiger partial charge in [-0.15, -0.1) is 0 Å². The number of amides is 2. The van der Waals surface area contributed by atoms with Gasteiger partial charge in [-0.2, -0.15) is 4.98 Å². The van der Waals surface area contributed by atoms with Crippen molar-refractivity contribution >= 4 is 17.6 Å². The van der Waals surface area contributed by atoms with E-state index >= 15 is 0 Å². The maximum atomic E-state index is 12.3. The second-order valence-corrected chi connectivity index (χ2v) is 7.54. The molecule has 148 valence electrons. The van der Waals surface area contributed by atoms with Crippen LogP contribution in [0.15, 0.2) is 22.9 Å². The van der Waals surface area contributed by atoms with Gasteiger partial charge in [0.05, 0.1) is 0 Å². The molecule has 28 heavy (non-hydrogen) atoms. The summed E-state index contributed by atoms with van der Waals surface area (Å²) < 4.78 is 5.36. The summed E-state index contributed by atoms with van der Waals surface area (Å²) in [6.07, 6.45) is 3.64. The van der Waals surface area contributed by atoms with Crippen molar-refractivity contribution in [2.45, 2.75) is 38.6 Å². The van der Waals surface area contributed by atoms with E-state index in [1.54, 1.807) is 11.1 Å². The maximum Gasteiger partial charge on any atom is 0.312 e. The van der Waals surface area contributed by atoms with E-state index in [9.17, 15) is 9.59 Å². The third kappa shape index (κ3) is 3.97. The van der Waals surface area contributed by atoms with Gasteiger partial charge < -0.3 is 19.6 Å². The molecule has 2 aromatic rings. The van der Waals surface area contributed by atoms with Crippen molar-refractivity contribution in [1.29, 1.82) is 0 Å². The van der Waals surface area contributed by atoms with Crippen molar-refractivity contribution in [2.75, 3.05) is 31.1 Å². The quantitative estimate of drug-likeness (QED) is 0.789. The predicted octanol–water partition coefficient (Wildman–Crippen LogP) is 1.18. The highest BCUT2D eigenvalue weighted by atomic mass is 16.5. The molecule has 1 aliphatic carbocycles. The highest BCUT2D eigenvalue weighted by molar-refractivity contribution is 6.35. The van der Waals surface area contributed by atoms with Gasteiger partial charge in [-0.05, 0) is 25.0 Å². The molecule has 1 saturated heterocycles. The molecule has 2 aromatic heterocycles. The summed E-state index contributed by atoms with van der Waals surface area (Å²) in [6.45, 7) is 6.22. The molecule has 2 fully saturated rings. The summed E-state index contributed by atoms with van der Waals surface area (Å²) in [4.78, 5) is 36.8. The third-order valence-corrected chi connectivity index (χ3v) is 4.95. The standard InChI is InChI=1S/C19H24N6O3/c1-12(2)16-22-18(28-23-16)13-5-6-20-15(11-13)24-7-9-25(10-8-24)19(27)17(26)21-14-3-4-14/h5-6,11-12,14H,3-4,7-10H2,1-2H3,(H,21,26). The average Bonchev–Trinajstić information content (AvgIpc) is 3.38. The van der Waals surface area contributed by atoms with Gasteiger partial charge in [0.15, 0.2) is 5.82 Å². The van der Waals surface area contributed by atoms with Crippen LogP contribution in [0.25, 0.3) is 11.5 Å². The number of aromatic nitrogens is 3. The zero-order valence-corrected chi connectivity index (χ0v) is 16.1. The fourth-order valence-electron chi connectivity index (χ4n) is 3.07. The number of piperazine rings is 1. The minimum absolute atomic E-state index is 0.186. The van der Waals surface area contributed by atoms with Crippen LogP contribution in [0.4, 0.5) is 5.82 Å². The Morgan fingerprint density at radius 1 is 1.21 bits per heavy atom. The normalized spacial score (nSPS) is 17.1. The first kappa shape index (κ1) is 18.4. The zero-order chi connectivity index (χ0) is 19.7. The Hall–Kier alpha value is -2.97. The highest BCUT2D eigenvalue weighted by Crippen LogP contribution is 2.24. The van der Waals surface area contributed by atoms with Crippen molar-refractivity contribution < 1.29 is 14.1 Å². The Morgan fingerprint density at radius 2 is 1.96 bits per heavy atom. The van der Waals surface area contributed by atoms with Gasteiger partial charge in [-0.25, -0.2) is 4.98 Å². The van der Waals surface area contributed by atoms with Crippen LogP contribution in [0.1, 0.15) is 38.4 Å². The summed E-state index contributed by atoms with van der Waals surface area (Å²) in [7, 11) is 0. The molecule has 1 saturated carbocycles. The Balaban J connectivity index is 1.39. The monoisotopic (exact) mass is 384 g/mol. The second-order valence-electron chi connectivity index (χ2n) is 7.54.